The summed E-state index contributed by atoms with van der Waals surface area (Å²) in [5, 5.41) is 6.08. The highest BCUT2D eigenvalue weighted by molar-refractivity contribution is 5.95. The van der Waals surface area contributed by atoms with E-state index in [2.05, 4.69) is 35.5 Å². The molecule has 1 saturated carbocycles. The Kier molecular flexibility index (Phi) is 8.17. The van der Waals surface area contributed by atoms with Gasteiger partial charge in [-0.15, -0.1) is 0 Å². The molecule has 6 rings (SSSR count). The fraction of sp³-hybridized carbons (Fsp3) is 0.467. The zero-order valence-electron chi connectivity index (χ0n) is 22.2. The molecule has 3 aliphatic heterocycles. The maximum absolute atomic E-state index is 13.5. The number of nitrogens with one attached hydrogen (secondary N) is 2. The number of benzene rings is 2. The quantitative estimate of drug-likeness (QED) is 0.566. The van der Waals surface area contributed by atoms with Crippen molar-refractivity contribution in [2.75, 3.05) is 32.8 Å². The van der Waals surface area contributed by atoms with E-state index in [9.17, 15) is 9.59 Å². The van der Waals surface area contributed by atoms with E-state index in [-0.39, 0.29) is 30.6 Å². The molecule has 1 aliphatic carbocycles. The minimum Gasteiger partial charge on any atom is -0.493 e. The highest BCUT2D eigenvalue weighted by Gasteiger charge is 2.35. The summed E-state index contributed by atoms with van der Waals surface area (Å²) in [6, 6.07) is 12.7. The molecule has 2 N–H and O–H groups in total. The third-order valence-electron chi connectivity index (χ3n) is 7.05. The van der Waals surface area contributed by atoms with Crippen molar-refractivity contribution in [1.82, 2.24) is 15.5 Å². The van der Waals surface area contributed by atoms with E-state index in [0.717, 1.165) is 30.8 Å². The fourth-order valence-corrected chi connectivity index (χ4v) is 4.71. The second-order valence-corrected chi connectivity index (χ2v) is 10.7. The highest BCUT2D eigenvalue weighted by Crippen LogP contribution is 2.31. The number of hydrogen-bond donors (Lipinski definition) is 2. The topological polar surface area (TPSA) is 89.1 Å². The molecule has 0 aromatic heterocycles. The third-order valence-corrected chi connectivity index (χ3v) is 7.05. The van der Waals surface area contributed by atoms with Gasteiger partial charge >= 0.3 is 0 Å². The first-order valence-electron chi connectivity index (χ1n) is 13.5. The Morgan fingerprint density at radius 2 is 1.89 bits per heavy atom. The SMILES string of the molecule is CC(C)=CCCN1C[C@@H]2NC(=O)c3cc(cc(OCC4CC4)c3)OCC(=O)NCc3ccc(cc3)O[C@H]2C1. The normalized spacial score (nSPS) is 21.8. The van der Waals surface area contributed by atoms with Crippen molar-refractivity contribution in [3.63, 3.8) is 0 Å². The molecule has 1 saturated heterocycles. The smallest absolute Gasteiger partial charge is 0.258 e. The van der Waals surface area contributed by atoms with E-state index in [1.54, 1.807) is 18.2 Å². The standard InChI is InChI=1S/C30H37N3O5/c1-20(2)4-3-11-33-16-27-28(17-33)38-24-9-7-21(8-10-24)15-31-29(34)19-37-26-13-23(30(35)32-27)12-25(14-26)36-18-22-5-6-22/h4,7-10,12-14,22,27-28H,3,5-6,11,15-19H2,1-2H3,(H,31,34)(H,32,35)/t27-,28-/m0/s1. The van der Waals surface area contributed by atoms with Crippen molar-refractivity contribution in [1.29, 1.82) is 0 Å². The summed E-state index contributed by atoms with van der Waals surface area (Å²) >= 11 is 0. The summed E-state index contributed by atoms with van der Waals surface area (Å²) in [7, 11) is 0. The van der Waals surface area contributed by atoms with Crippen molar-refractivity contribution in [2.45, 2.75) is 51.8 Å². The summed E-state index contributed by atoms with van der Waals surface area (Å²) in [4.78, 5) is 28.2. The van der Waals surface area contributed by atoms with E-state index < -0.39 is 0 Å². The Morgan fingerprint density at radius 3 is 2.66 bits per heavy atom. The summed E-state index contributed by atoms with van der Waals surface area (Å²) < 4.78 is 18.1. The van der Waals surface area contributed by atoms with Gasteiger partial charge in [0, 0.05) is 37.8 Å². The molecule has 0 unspecified atom stereocenters. The maximum Gasteiger partial charge on any atom is 0.258 e. The number of carbonyl (C=O) groups is 2. The van der Waals surface area contributed by atoms with E-state index in [0.29, 0.717) is 42.7 Å². The summed E-state index contributed by atoms with van der Waals surface area (Å²) in [5.74, 6) is 1.83. The van der Waals surface area contributed by atoms with Gasteiger partial charge < -0.3 is 24.8 Å². The Hall–Kier alpha value is -3.52. The molecular formula is C30H37N3O5. The predicted molar refractivity (Wildman–Crippen MR) is 145 cm³/mol. The molecule has 4 bridgehead atoms. The lowest BCUT2D eigenvalue weighted by molar-refractivity contribution is -0.123. The molecule has 3 heterocycles. The number of nitrogens with zero attached hydrogens (tertiary/aromatic N) is 1. The second kappa shape index (κ2) is 11.9. The van der Waals surface area contributed by atoms with Gasteiger partial charge in [0.1, 0.15) is 23.4 Å². The van der Waals surface area contributed by atoms with Gasteiger partial charge in [-0.05, 0) is 68.9 Å². The van der Waals surface area contributed by atoms with Crippen LogP contribution in [0, 0.1) is 5.92 Å². The Morgan fingerprint density at radius 1 is 1.08 bits per heavy atom. The Bertz CT molecular complexity index is 1170. The van der Waals surface area contributed by atoms with Crippen molar-refractivity contribution >= 4 is 11.8 Å². The van der Waals surface area contributed by atoms with Crippen LogP contribution in [0.25, 0.3) is 0 Å². The van der Waals surface area contributed by atoms with Gasteiger partial charge in [0.2, 0.25) is 0 Å². The molecule has 8 nitrogen and oxygen atoms in total. The van der Waals surface area contributed by atoms with Crippen LogP contribution in [-0.2, 0) is 11.3 Å². The van der Waals surface area contributed by atoms with Gasteiger partial charge in [-0.25, -0.2) is 0 Å². The largest absolute Gasteiger partial charge is 0.493 e. The lowest BCUT2D eigenvalue weighted by atomic mass is 10.1. The molecule has 2 aromatic carbocycles. The van der Waals surface area contributed by atoms with Crippen LogP contribution in [-0.4, -0.2) is 61.7 Å². The Labute approximate surface area is 224 Å². The highest BCUT2D eigenvalue weighted by atomic mass is 16.5. The van der Waals surface area contributed by atoms with Crippen molar-refractivity contribution in [2.24, 2.45) is 5.92 Å². The maximum atomic E-state index is 13.5. The van der Waals surface area contributed by atoms with Gasteiger partial charge in [0.25, 0.3) is 11.8 Å². The van der Waals surface area contributed by atoms with E-state index in [4.69, 9.17) is 14.2 Å². The number of amides is 2. The van der Waals surface area contributed by atoms with Crippen molar-refractivity contribution in [3.8, 4) is 17.2 Å². The number of hydrogen-bond acceptors (Lipinski definition) is 6. The molecule has 0 radical (unpaired) electrons. The number of rotatable bonds is 6. The van der Waals surface area contributed by atoms with Crippen LogP contribution in [0.2, 0.25) is 0 Å². The van der Waals surface area contributed by atoms with Crippen LogP contribution in [0.5, 0.6) is 17.2 Å². The number of ether oxygens (including phenoxy) is 3. The average molecular weight is 520 g/mol. The molecular weight excluding hydrogens is 482 g/mol. The number of carbonyl (C=O) groups excluding carboxylic acids is 2. The van der Waals surface area contributed by atoms with Gasteiger partial charge in [0.15, 0.2) is 6.61 Å². The zero-order chi connectivity index (χ0) is 26.5. The molecule has 38 heavy (non-hydrogen) atoms. The molecule has 0 spiro atoms. The first-order valence-corrected chi connectivity index (χ1v) is 13.5. The minimum atomic E-state index is -0.243. The zero-order valence-corrected chi connectivity index (χ0v) is 22.2. The van der Waals surface area contributed by atoms with E-state index in [1.165, 1.54) is 18.4 Å². The monoisotopic (exact) mass is 519 g/mol. The van der Waals surface area contributed by atoms with Crippen LogP contribution in [0.1, 0.15) is 49.0 Å². The van der Waals surface area contributed by atoms with Crippen LogP contribution >= 0.6 is 0 Å². The lowest BCUT2D eigenvalue weighted by Crippen LogP contribution is -2.45. The number of likely N-dealkylation sites (tertiary alicyclic amines) is 1. The lowest BCUT2D eigenvalue weighted by Gasteiger charge is -2.22. The molecule has 8 heteroatoms. The number of allylic oxidation sites excluding steroid dienone is 1. The fourth-order valence-electron chi connectivity index (χ4n) is 4.71. The molecule has 2 aromatic rings. The van der Waals surface area contributed by atoms with Crippen LogP contribution < -0.4 is 24.8 Å². The van der Waals surface area contributed by atoms with Gasteiger partial charge in [-0.3, -0.25) is 14.5 Å². The van der Waals surface area contributed by atoms with Crippen molar-refractivity contribution in [3.05, 3.63) is 65.2 Å². The summed E-state index contributed by atoms with van der Waals surface area (Å²) in [6.45, 7) is 7.38. The van der Waals surface area contributed by atoms with Crippen LogP contribution in [0.15, 0.2) is 54.1 Å². The molecule has 2 atom stereocenters. The second-order valence-electron chi connectivity index (χ2n) is 10.7. The average Bonchev–Trinajstić information content (AvgIpc) is 3.66. The van der Waals surface area contributed by atoms with Crippen LogP contribution in [0.4, 0.5) is 0 Å². The summed E-state index contributed by atoms with van der Waals surface area (Å²) in [6.07, 6.45) is 5.32. The molecule has 4 aliphatic rings. The molecule has 2 fully saturated rings. The number of fused-ring (bicyclic) bond motifs is 7. The third kappa shape index (κ3) is 7.28. The molecule has 202 valence electrons. The summed E-state index contributed by atoms with van der Waals surface area (Å²) in [5.41, 5.74) is 2.70. The van der Waals surface area contributed by atoms with Gasteiger partial charge in [-0.1, -0.05) is 23.8 Å². The predicted octanol–water partition coefficient (Wildman–Crippen LogP) is 3.70. The first-order chi connectivity index (χ1) is 18.4. The minimum absolute atomic E-state index is 0.153. The molecule has 2 amide bonds. The van der Waals surface area contributed by atoms with Gasteiger partial charge in [-0.2, -0.15) is 0 Å². The Balaban J connectivity index is 1.39. The van der Waals surface area contributed by atoms with Gasteiger partial charge in [0.05, 0.1) is 12.6 Å². The van der Waals surface area contributed by atoms with E-state index in [1.807, 2.05) is 24.3 Å². The van der Waals surface area contributed by atoms with E-state index >= 15 is 0 Å². The first kappa shape index (κ1) is 26.1. The van der Waals surface area contributed by atoms with Crippen molar-refractivity contribution < 1.29 is 23.8 Å². The van der Waals surface area contributed by atoms with Crippen LogP contribution in [0.3, 0.4) is 0 Å².